The number of nitrogens with one attached hydrogen (secondary N) is 1. The summed E-state index contributed by atoms with van der Waals surface area (Å²) in [6, 6.07) is 14.7. The lowest BCUT2D eigenvalue weighted by Crippen LogP contribution is -2.46. The molecule has 0 aliphatic carbocycles. The van der Waals surface area contributed by atoms with E-state index in [1.165, 1.54) is 0 Å². The summed E-state index contributed by atoms with van der Waals surface area (Å²) >= 11 is 0. The molecule has 166 valence electrons. The van der Waals surface area contributed by atoms with Gasteiger partial charge in [-0.1, -0.05) is 36.4 Å². The highest BCUT2D eigenvalue weighted by Crippen LogP contribution is 2.11. The number of hydrogen-bond acceptors (Lipinski definition) is 5. The minimum absolute atomic E-state index is 0.0463. The molecular formula is C24H26N4O4. The van der Waals surface area contributed by atoms with Gasteiger partial charge in [-0.05, 0) is 55.5 Å². The van der Waals surface area contributed by atoms with Crippen LogP contribution in [0.5, 0.6) is 0 Å². The monoisotopic (exact) mass is 434 g/mol. The second-order valence-corrected chi connectivity index (χ2v) is 8.04. The van der Waals surface area contributed by atoms with Crippen LogP contribution in [0.25, 0.3) is 5.69 Å². The Bertz CT molecular complexity index is 1260. The van der Waals surface area contributed by atoms with Gasteiger partial charge >= 0.3 is 5.69 Å². The zero-order chi connectivity index (χ0) is 22.7. The fourth-order valence-electron chi connectivity index (χ4n) is 3.78. The summed E-state index contributed by atoms with van der Waals surface area (Å²) in [6.07, 6.45) is 1.73. The van der Waals surface area contributed by atoms with Crippen molar-refractivity contribution in [1.82, 2.24) is 19.7 Å². The van der Waals surface area contributed by atoms with Gasteiger partial charge in [0.1, 0.15) is 0 Å². The molecule has 8 nitrogen and oxygen atoms in total. The predicted molar refractivity (Wildman–Crippen MR) is 120 cm³/mol. The van der Waals surface area contributed by atoms with E-state index in [4.69, 9.17) is 4.74 Å². The van der Waals surface area contributed by atoms with Crippen molar-refractivity contribution in [1.29, 1.82) is 0 Å². The number of hydrogen-bond donors (Lipinski definition) is 1. The highest BCUT2D eigenvalue weighted by atomic mass is 16.5. The SMILES string of the molecule is Cc1cccc(-n2nc(C(=O)NC[C@H]3CCCO3)c(=O)n(Cc3ccccc3C)c2=O)c1. The number of nitrogens with zero attached hydrogens (tertiary/aromatic N) is 3. The molecule has 2 heterocycles. The lowest BCUT2D eigenvalue weighted by molar-refractivity contribution is 0.0849. The van der Waals surface area contributed by atoms with E-state index in [0.29, 0.717) is 18.8 Å². The number of carbonyl (C=O) groups excluding carboxylic acids is 1. The Kier molecular flexibility index (Phi) is 6.32. The van der Waals surface area contributed by atoms with Crippen LogP contribution in [-0.4, -0.2) is 39.5 Å². The Morgan fingerprint density at radius 2 is 1.97 bits per heavy atom. The smallest absolute Gasteiger partial charge is 0.352 e. The molecule has 0 spiro atoms. The first-order chi connectivity index (χ1) is 15.4. The molecule has 0 radical (unpaired) electrons. The van der Waals surface area contributed by atoms with E-state index in [1.54, 1.807) is 18.2 Å². The fraction of sp³-hybridized carbons (Fsp3) is 0.333. The normalized spacial score (nSPS) is 15.6. The quantitative estimate of drug-likeness (QED) is 0.640. The average molecular weight is 434 g/mol. The van der Waals surface area contributed by atoms with E-state index in [9.17, 15) is 14.4 Å². The topological polar surface area (TPSA) is 95.2 Å². The van der Waals surface area contributed by atoms with E-state index in [-0.39, 0.29) is 18.3 Å². The van der Waals surface area contributed by atoms with Gasteiger partial charge in [0.25, 0.3) is 11.5 Å². The van der Waals surface area contributed by atoms with Gasteiger partial charge < -0.3 is 10.1 Å². The molecule has 1 aliphatic rings. The maximum absolute atomic E-state index is 13.3. The highest BCUT2D eigenvalue weighted by Gasteiger charge is 2.23. The molecule has 1 amide bonds. The molecule has 1 N–H and O–H groups in total. The van der Waals surface area contributed by atoms with Crippen molar-refractivity contribution in [2.75, 3.05) is 13.2 Å². The maximum Gasteiger partial charge on any atom is 0.352 e. The summed E-state index contributed by atoms with van der Waals surface area (Å²) in [6.45, 7) is 4.81. The first kappa shape index (κ1) is 21.7. The number of carbonyl (C=O) groups is 1. The molecule has 1 aliphatic heterocycles. The fourth-order valence-corrected chi connectivity index (χ4v) is 3.78. The first-order valence-electron chi connectivity index (χ1n) is 10.7. The Balaban J connectivity index is 1.79. The Morgan fingerprint density at radius 3 is 2.69 bits per heavy atom. The molecule has 2 aromatic carbocycles. The van der Waals surface area contributed by atoms with E-state index in [2.05, 4.69) is 10.4 Å². The van der Waals surface area contributed by atoms with Gasteiger partial charge in [-0.15, -0.1) is 0 Å². The molecule has 8 heteroatoms. The van der Waals surface area contributed by atoms with Crippen molar-refractivity contribution in [3.8, 4) is 5.69 Å². The number of aryl methyl sites for hydroxylation is 2. The van der Waals surface area contributed by atoms with Crippen molar-refractivity contribution < 1.29 is 9.53 Å². The van der Waals surface area contributed by atoms with Gasteiger partial charge in [0.2, 0.25) is 5.69 Å². The predicted octanol–water partition coefficient (Wildman–Crippen LogP) is 1.97. The largest absolute Gasteiger partial charge is 0.376 e. The lowest BCUT2D eigenvalue weighted by atomic mass is 10.1. The van der Waals surface area contributed by atoms with Crippen LogP contribution < -0.4 is 16.6 Å². The van der Waals surface area contributed by atoms with E-state index >= 15 is 0 Å². The van der Waals surface area contributed by atoms with Gasteiger partial charge in [-0.2, -0.15) is 9.78 Å². The lowest BCUT2D eigenvalue weighted by Gasteiger charge is -2.14. The summed E-state index contributed by atoms with van der Waals surface area (Å²) in [5.41, 5.74) is 1.55. The molecule has 1 aromatic heterocycles. The third-order valence-corrected chi connectivity index (χ3v) is 5.63. The number of benzene rings is 2. The molecule has 1 fully saturated rings. The van der Waals surface area contributed by atoms with Crippen LogP contribution in [0.1, 0.15) is 40.0 Å². The van der Waals surface area contributed by atoms with Gasteiger partial charge in [0, 0.05) is 13.2 Å². The third kappa shape index (κ3) is 4.55. The van der Waals surface area contributed by atoms with Crippen LogP contribution in [0.2, 0.25) is 0 Å². The van der Waals surface area contributed by atoms with Crippen molar-refractivity contribution in [2.45, 2.75) is 39.3 Å². The minimum Gasteiger partial charge on any atom is -0.376 e. The molecule has 4 rings (SSSR count). The summed E-state index contributed by atoms with van der Waals surface area (Å²) in [4.78, 5) is 39.4. The van der Waals surface area contributed by atoms with E-state index in [0.717, 1.165) is 38.8 Å². The summed E-state index contributed by atoms with van der Waals surface area (Å²) in [7, 11) is 0. The van der Waals surface area contributed by atoms with Crippen LogP contribution >= 0.6 is 0 Å². The zero-order valence-corrected chi connectivity index (χ0v) is 18.2. The molecule has 0 bridgehead atoms. The van der Waals surface area contributed by atoms with Crippen LogP contribution in [0, 0.1) is 13.8 Å². The third-order valence-electron chi connectivity index (χ3n) is 5.63. The second-order valence-electron chi connectivity index (χ2n) is 8.04. The summed E-state index contributed by atoms with van der Waals surface area (Å²) < 4.78 is 7.72. The van der Waals surface area contributed by atoms with Crippen LogP contribution in [0.3, 0.4) is 0 Å². The number of rotatable bonds is 6. The molecule has 32 heavy (non-hydrogen) atoms. The van der Waals surface area contributed by atoms with Gasteiger partial charge in [0.05, 0.1) is 18.3 Å². The average Bonchev–Trinajstić information content (AvgIpc) is 3.30. The minimum atomic E-state index is -0.716. The zero-order valence-electron chi connectivity index (χ0n) is 18.2. The Hall–Kier alpha value is -3.52. The standard InChI is InChI=1S/C24H26N4O4/c1-16-7-5-10-19(13-16)28-24(31)27(15-18-9-4-3-8-17(18)2)23(30)21(26-28)22(29)25-14-20-11-6-12-32-20/h3-5,7-10,13,20H,6,11-12,14-15H2,1-2H3,(H,25,29)/t20-/m1/s1. The maximum atomic E-state index is 13.3. The summed E-state index contributed by atoms with van der Waals surface area (Å²) in [5, 5.41) is 6.91. The highest BCUT2D eigenvalue weighted by molar-refractivity contribution is 5.91. The van der Waals surface area contributed by atoms with Gasteiger partial charge in [0.15, 0.2) is 0 Å². The van der Waals surface area contributed by atoms with Crippen molar-refractivity contribution in [3.63, 3.8) is 0 Å². The van der Waals surface area contributed by atoms with Crippen molar-refractivity contribution in [2.24, 2.45) is 0 Å². The second kappa shape index (κ2) is 9.32. The molecule has 3 aromatic rings. The Morgan fingerprint density at radius 1 is 1.16 bits per heavy atom. The van der Waals surface area contributed by atoms with Crippen molar-refractivity contribution >= 4 is 5.91 Å². The van der Waals surface area contributed by atoms with Crippen LogP contribution in [0.4, 0.5) is 0 Å². The van der Waals surface area contributed by atoms with Crippen molar-refractivity contribution in [3.05, 3.63) is 91.8 Å². The number of ether oxygens (including phenoxy) is 1. The molecule has 0 saturated carbocycles. The van der Waals surface area contributed by atoms with Crippen LogP contribution in [-0.2, 0) is 11.3 Å². The molecular weight excluding hydrogens is 408 g/mol. The number of aromatic nitrogens is 3. The van der Waals surface area contributed by atoms with E-state index < -0.39 is 17.2 Å². The van der Waals surface area contributed by atoms with Gasteiger partial charge in [-0.3, -0.25) is 14.2 Å². The molecule has 1 saturated heterocycles. The number of amides is 1. The molecule has 1 atom stereocenters. The Labute approximate surface area is 185 Å². The van der Waals surface area contributed by atoms with Gasteiger partial charge in [-0.25, -0.2) is 4.79 Å². The first-order valence-corrected chi connectivity index (χ1v) is 10.7. The summed E-state index contributed by atoms with van der Waals surface area (Å²) in [5.74, 6) is -0.620. The van der Waals surface area contributed by atoms with E-state index in [1.807, 2.05) is 44.2 Å². The molecule has 0 unspecified atom stereocenters. The van der Waals surface area contributed by atoms with Crippen LogP contribution in [0.15, 0.2) is 58.1 Å².